The average Bonchev–Trinajstić information content (AvgIpc) is 2.46. The minimum absolute atomic E-state index is 0. The summed E-state index contributed by atoms with van der Waals surface area (Å²) in [5, 5.41) is 0. The Balaban J connectivity index is 0.00000242. The number of carbonyl (C=O) groups is 1. The zero-order chi connectivity index (χ0) is 15.6. The molecule has 0 radical (unpaired) electrons. The monoisotopic (exact) mass is 373 g/mol. The van der Waals surface area contributed by atoms with Gasteiger partial charge in [-0.2, -0.15) is 13.2 Å². The Morgan fingerprint density at radius 1 is 1.39 bits per heavy atom. The third-order valence-corrected chi connectivity index (χ3v) is 3.80. The van der Waals surface area contributed by atoms with Crippen LogP contribution < -0.4 is 5.73 Å². The van der Waals surface area contributed by atoms with E-state index in [1.54, 1.807) is 4.90 Å². The maximum Gasteiger partial charge on any atom is 0.417 e. The van der Waals surface area contributed by atoms with E-state index in [1.165, 1.54) is 0 Å². The molecule has 1 fully saturated rings. The quantitative estimate of drug-likeness (QED) is 0.865. The number of nitrogens with two attached hydrogens (primary N) is 1. The molecule has 1 aromatic heterocycles. The number of piperidine rings is 1. The summed E-state index contributed by atoms with van der Waals surface area (Å²) in [6.07, 6.45) is -1.94. The van der Waals surface area contributed by atoms with Crippen LogP contribution in [0.5, 0.6) is 0 Å². The number of halogens is 5. The highest BCUT2D eigenvalue weighted by Gasteiger charge is 2.32. The topological polar surface area (TPSA) is 59.2 Å². The zero-order valence-corrected chi connectivity index (χ0v) is 14.2. The van der Waals surface area contributed by atoms with E-state index in [0.29, 0.717) is 19.3 Å². The summed E-state index contributed by atoms with van der Waals surface area (Å²) in [6, 6.07) is 1.99. The second-order valence-electron chi connectivity index (χ2n) is 5.44. The molecule has 1 saturated heterocycles. The third kappa shape index (κ3) is 5.51. The molecule has 0 saturated carbocycles. The van der Waals surface area contributed by atoms with E-state index in [4.69, 9.17) is 5.73 Å². The number of hydrogen-bond donors (Lipinski definition) is 1. The predicted molar refractivity (Wildman–Crippen MR) is 86.0 cm³/mol. The molecule has 1 aliphatic rings. The standard InChI is InChI=1S/C14H18F3N3O.2ClH/c1-9(18)10-3-2-6-20(8-10)13(21)12-5-4-11(7-19-12)14(15,16)17;;/h4-5,7,9-10H,2-3,6,8,18H2,1H3;2*1H. The molecule has 1 aromatic rings. The van der Waals surface area contributed by atoms with Crippen molar-refractivity contribution in [3.05, 3.63) is 29.6 Å². The molecule has 0 spiro atoms. The molecular formula is C14H20Cl2F3N3O. The van der Waals surface area contributed by atoms with Crippen molar-refractivity contribution in [1.29, 1.82) is 0 Å². The normalized spacial score (nSPS) is 19.3. The van der Waals surface area contributed by atoms with Crippen LogP contribution >= 0.6 is 24.8 Å². The van der Waals surface area contributed by atoms with Gasteiger partial charge in [-0.1, -0.05) is 0 Å². The third-order valence-electron chi connectivity index (χ3n) is 3.80. The van der Waals surface area contributed by atoms with Gasteiger partial charge in [0.25, 0.3) is 5.91 Å². The lowest BCUT2D eigenvalue weighted by Crippen LogP contribution is -2.45. The molecule has 132 valence electrons. The molecule has 2 atom stereocenters. The Morgan fingerprint density at radius 2 is 2.04 bits per heavy atom. The first-order valence-corrected chi connectivity index (χ1v) is 6.87. The molecule has 1 amide bonds. The van der Waals surface area contributed by atoms with Gasteiger partial charge in [0.15, 0.2) is 0 Å². The van der Waals surface area contributed by atoms with Crippen LogP contribution in [0.2, 0.25) is 0 Å². The molecule has 2 N–H and O–H groups in total. The van der Waals surface area contributed by atoms with Crippen LogP contribution in [-0.2, 0) is 6.18 Å². The number of aromatic nitrogens is 1. The lowest BCUT2D eigenvalue weighted by Gasteiger charge is -2.34. The van der Waals surface area contributed by atoms with Crippen molar-refractivity contribution in [2.75, 3.05) is 13.1 Å². The number of rotatable bonds is 2. The lowest BCUT2D eigenvalue weighted by molar-refractivity contribution is -0.137. The Morgan fingerprint density at radius 3 is 2.52 bits per heavy atom. The van der Waals surface area contributed by atoms with E-state index in [0.717, 1.165) is 25.0 Å². The second kappa shape index (κ2) is 8.70. The molecule has 0 aromatic carbocycles. The van der Waals surface area contributed by atoms with Gasteiger partial charge < -0.3 is 10.6 Å². The van der Waals surface area contributed by atoms with Gasteiger partial charge >= 0.3 is 6.18 Å². The molecule has 2 heterocycles. The maximum absolute atomic E-state index is 12.5. The smallest absolute Gasteiger partial charge is 0.337 e. The number of alkyl halides is 3. The minimum atomic E-state index is -4.44. The van der Waals surface area contributed by atoms with Crippen molar-refractivity contribution in [2.24, 2.45) is 11.7 Å². The fourth-order valence-corrected chi connectivity index (χ4v) is 2.47. The Hall–Kier alpha value is -1.05. The van der Waals surface area contributed by atoms with Crippen LogP contribution in [0.25, 0.3) is 0 Å². The number of pyridine rings is 1. The first kappa shape index (κ1) is 21.9. The van der Waals surface area contributed by atoms with Gasteiger partial charge in [-0.25, -0.2) is 0 Å². The summed E-state index contributed by atoms with van der Waals surface area (Å²) in [6.45, 7) is 3.01. The van der Waals surface area contributed by atoms with Crippen molar-refractivity contribution in [1.82, 2.24) is 9.88 Å². The van der Waals surface area contributed by atoms with Crippen LogP contribution in [0.1, 0.15) is 35.8 Å². The first-order valence-electron chi connectivity index (χ1n) is 6.87. The van der Waals surface area contributed by atoms with Gasteiger partial charge in [0.2, 0.25) is 0 Å². The average molecular weight is 374 g/mol. The fourth-order valence-electron chi connectivity index (χ4n) is 2.47. The molecule has 1 aliphatic heterocycles. The highest BCUT2D eigenvalue weighted by molar-refractivity contribution is 5.92. The van der Waals surface area contributed by atoms with Crippen molar-refractivity contribution in [2.45, 2.75) is 32.0 Å². The molecule has 0 bridgehead atoms. The van der Waals surface area contributed by atoms with Crippen LogP contribution in [0.15, 0.2) is 18.3 Å². The van der Waals surface area contributed by atoms with Crippen LogP contribution in [-0.4, -0.2) is 34.9 Å². The highest BCUT2D eigenvalue weighted by atomic mass is 35.5. The Bertz CT molecular complexity index is 509. The molecule has 2 rings (SSSR count). The summed E-state index contributed by atoms with van der Waals surface area (Å²) in [5.74, 6) is -0.119. The number of carbonyl (C=O) groups excluding carboxylic acids is 1. The molecular weight excluding hydrogens is 354 g/mol. The van der Waals surface area contributed by atoms with Gasteiger partial charge in [-0.3, -0.25) is 9.78 Å². The van der Waals surface area contributed by atoms with E-state index in [-0.39, 0.29) is 48.4 Å². The number of nitrogens with zero attached hydrogens (tertiary/aromatic N) is 2. The summed E-state index contributed by atoms with van der Waals surface area (Å²) in [7, 11) is 0. The minimum Gasteiger partial charge on any atom is -0.337 e. The van der Waals surface area contributed by atoms with Gasteiger partial charge in [0.05, 0.1) is 5.56 Å². The summed E-state index contributed by atoms with van der Waals surface area (Å²) >= 11 is 0. The van der Waals surface area contributed by atoms with Gasteiger partial charge in [-0.15, -0.1) is 24.8 Å². The lowest BCUT2D eigenvalue weighted by atomic mass is 9.92. The summed E-state index contributed by atoms with van der Waals surface area (Å²) in [5.41, 5.74) is 5.04. The fraction of sp³-hybridized carbons (Fsp3) is 0.571. The SMILES string of the molecule is CC(N)C1CCCN(C(=O)c2ccc(C(F)(F)F)cn2)C1.Cl.Cl. The zero-order valence-electron chi connectivity index (χ0n) is 12.5. The van der Waals surface area contributed by atoms with E-state index in [9.17, 15) is 18.0 Å². The first-order chi connectivity index (χ1) is 9.79. The van der Waals surface area contributed by atoms with E-state index >= 15 is 0 Å². The van der Waals surface area contributed by atoms with E-state index < -0.39 is 11.7 Å². The molecule has 4 nitrogen and oxygen atoms in total. The van der Waals surface area contributed by atoms with Gasteiger partial charge in [-0.05, 0) is 37.8 Å². The van der Waals surface area contributed by atoms with Crippen molar-refractivity contribution in [3.8, 4) is 0 Å². The maximum atomic E-state index is 12.5. The number of likely N-dealkylation sites (tertiary alicyclic amines) is 1. The van der Waals surface area contributed by atoms with Gasteiger partial charge in [0.1, 0.15) is 5.69 Å². The van der Waals surface area contributed by atoms with Crippen molar-refractivity contribution < 1.29 is 18.0 Å². The summed E-state index contributed by atoms with van der Waals surface area (Å²) in [4.78, 5) is 17.5. The Labute approximate surface area is 145 Å². The molecule has 9 heteroatoms. The second-order valence-corrected chi connectivity index (χ2v) is 5.44. The highest BCUT2D eigenvalue weighted by Crippen LogP contribution is 2.28. The van der Waals surface area contributed by atoms with Crippen LogP contribution in [0.3, 0.4) is 0 Å². The van der Waals surface area contributed by atoms with Crippen LogP contribution in [0.4, 0.5) is 13.2 Å². The van der Waals surface area contributed by atoms with Crippen LogP contribution in [0, 0.1) is 5.92 Å². The molecule has 0 aliphatic carbocycles. The Kier molecular flexibility index (Phi) is 8.31. The largest absolute Gasteiger partial charge is 0.417 e. The molecule has 2 unspecified atom stereocenters. The van der Waals surface area contributed by atoms with Crippen molar-refractivity contribution >= 4 is 30.7 Å². The predicted octanol–water partition coefficient (Wildman–Crippen LogP) is 3.14. The van der Waals surface area contributed by atoms with Gasteiger partial charge in [0, 0.05) is 25.3 Å². The summed E-state index contributed by atoms with van der Waals surface area (Å²) < 4.78 is 37.4. The van der Waals surface area contributed by atoms with E-state index in [2.05, 4.69) is 4.98 Å². The molecule has 23 heavy (non-hydrogen) atoms. The van der Waals surface area contributed by atoms with E-state index in [1.807, 2.05) is 6.92 Å². The number of hydrogen-bond acceptors (Lipinski definition) is 3. The van der Waals surface area contributed by atoms with Crippen molar-refractivity contribution in [3.63, 3.8) is 0 Å². The number of amides is 1.